The van der Waals surface area contributed by atoms with Crippen LogP contribution in [0.25, 0.3) is 10.9 Å². The predicted octanol–water partition coefficient (Wildman–Crippen LogP) is 6.71. The summed E-state index contributed by atoms with van der Waals surface area (Å²) in [5.41, 5.74) is -1.85. The van der Waals surface area contributed by atoms with E-state index in [-0.39, 0.29) is 36.7 Å². The summed E-state index contributed by atoms with van der Waals surface area (Å²) >= 11 is 1.52. The van der Waals surface area contributed by atoms with E-state index in [1.54, 1.807) is 6.07 Å². The Hall–Kier alpha value is -3.88. The number of hydrogen-bond acceptors (Lipinski definition) is 7. The maximum Gasteiger partial charge on any atom is 0.432 e. The van der Waals surface area contributed by atoms with Crippen LogP contribution >= 0.6 is 11.8 Å². The molecular formula is C28H28F6N4O4S. The molecule has 1 aromatic carbocycles. The molecule has 1 aliphatic heterocycles. The molecule has 0 aliphatic carbocycles. The van der Waals surface area contributed by atoms with Crippen molar-refractivity contribution in [2.24, 2.45) is 0 Å². The fourth-order valence-corrected chi connectivity index (χ4v) is 5.41. The van der Waals surface area contributed by atoms with Gasteiger partial charge in [-0.1, -0.05) is 6.07 Å². The lowest BCUT2D eigenvalue weighted by Crippen LogP contribution is -2.47. The molecule has 15 heteroatoms. The van der Waals surface area contributed by atoms with Gasteiger partial charge >= 0.3 is 18.4 Å². The smallest absolute Gasteiger partial charge is 0.432 e. The molecule has 0 atom stereocenters. The molecule has 43 heavy (non-hydrogen) atoms. The van der Waals surface area contributed by atoms with Crippen molar-refractivity contribution in [2.45, 2.75) is 43.1 Å². The Labute approximate surface area is 246 Å². The molecule has 3 aromatic rings. The average molecular weight is 631 g/mol. The minimum atomic E-state index is -4.59. The van der Waals surface area contributed by atoms with Crippen LogP contribution < -0.4 is 10.2 Å². The summed E-state index contributed by atoms with van der Waals surface area (Å²) in [6, 6.07) is 5.76. The molecule has 1 aliphatic rings. The van der Waals surface area contributed by atoms with Crippen molar-refractivity contribution in [2.75, 3.05) is 33.0 Å². The van der Waals surface area contributed by atoms with E-state index in [9.17, 15) is 35.9 Å². The zero-order valence-electron chi connectivity index (χ0n) is 23.2. The van der Waals surface area contributed by atoms with Crippen molar-refractivity contribution in [3.63, 3.8) is 0 Å². The van der Waals surface area contributed by atoms with Gasteiger partial charge in [-0.15, -0.1) is 11.8 Å². The quantitative estimate of drug-likeness (QED) is 0.140. The number of fused-ring (bicyclic) bond motifs is 1. The highest BCUT2D eigenvalue weighted by Gasteiger charge is 2.42. The fraction of sp³-hybridized carbons (Fsp3) is 0.393. The molecule has 0 radical (unpaired) electrons. The Morgan fingerprint density at radius 3 is 2.53 bits per heavy atom. The third-order valence-electron chi connectivity index (χ3n) is 6.59. The van der Waals surface area contributed by atoms with Crippen LogP contribution in [0.2, 0.25) is 0 Å². The second-order valence-corrected chi connectivity index (χ2v) is 10.8. The Balaban J connectivity index is 1.19. The van der Waals surface area contributed by atoms with Gasteiger partial charge < -0.3 is 14.1 Å². The first-order valence-electron chi connectivity index (χ1n) is 13.1. The largest absolute Gasteiger partial charge is 0.487 e. The number of thioether (sulfide) groups is 1. The van der Waals surface area contributed by atoms with Crippen molar-refractivity contribution >= 4 is 28.7 Å². The predicted molar refractivity (Wildman–Crippen MR) is 147 cm³/mol. The number of nitrogens with zero attached hydrogens (tertiary/aromatic N) is 4. The molecule has 0 N–H and O–H groups in total. The van der Waals surface area contributed by atoms with E-state index in [0.717, 1.165) is 69.9 Å². The topological polar surface area (TPSA) is 79.1 Å². The van der Waals surface area contributed by atoms with Gasteiger partial charge in [-0.05, 0) is 49.3 Å². The van der Waals surface area contributed by atoms with Crippen LogP contribution in [0.5, 0.6) is 5.75 Å². The lowest BCUT2D eigenvalue weighted by atomic mass is 10.1. The lowest BCUT2D eigenvalue weighted by Gasteiger charge is -2.32. The van der Waals surface area contributed by atoms with Gasteiger partial charge in [-0.2, -0.15) is 26.3 Å². The van der Waals surface area contributed by atoms with Gasteiger partial charge in [0.2, 0.25) is 11.2 Å². The van der Waals surface area contributed by atoms with Crippen LogP contribution in [0.15, 0.2) is 68.7 Å². The standard InChI is InChI=1S/C28H28F6N4O4S/c1-36(26(40)38-11-9-25(37(38)2)28(32,33)34)16-19-15-22(39)23(17-42-19)41-12-4-3-5-13-43-24-8-10-35-21-14-18(27(29,30)31)6-7-20(21)24/h6-10,14-15,17H,3-5,11-13,16H2,1-2H3. The highest BCUT2D eigenvalue weighted by molar-refractivity contribution is 7.99. The zero-order valence-corrected chi connectivity index (χ0v) is 24.0. The molecule has 0 fully saturated rings. The van der Waals surface area contributed by atoms with Crippen molar-refractivity contribution < 1.29 is 40.3 Å². The van der Waals surface area contributed by atoms with E-state index in [4.69, 9.17) is 9.15 Å². The van der Waals surface area contributed by atoms with Crippen molar-refractivity contribution in [3.8, 4) is 5.75 Å². The summed E-state index contributed by atoms with van der Waals surface area (Å²) in [4.78, 5) is 31.1. The number of hydrazine groups is 1. The molecule has 0 spiro atoms. The zero-order chi connectivity index (χ0) is 31.4. The third-order valence-corrected chi connectivity index (χ3v) is 7.75. The molecule has 0 saturated carbocycles. The van der Waals surface area contributed by atoms with Crippen LogP contribution in [0.4, 0.5) is 31.1 Å². The first-order chi connectivity index (χ1) is 20.3. The minimum Gasteiger partial charge on any atom is -0.487 e. The number of aromatic nitrogens is 1. The number of carbonyl (C=O) groups is 1. The highest BCUT2D eigenvalue weighted by atomic mass is 32.2. The second-order valence-electron chi connectivity index (χ2n) is 9.70. The number of alkyl halides is 6. The van der Waals surface area contributed by atoms with Gasteiger partial charge in [0.1, 0.15) is 17.7 Å². The van der Waals surface area contributed by atoms with Crippen LogP contribution in [0, 0.1) is 0 Å². The third kappa shape index (κ3) is 7.94. The number of ether oxygens (including phenoxy) is 1. The monoisotopic (exact) mass is 630 g/mol. The summed E-state index contributed by atoms with van der Waals surface area (Å²) in [6.07, 6.45) is -3.26. The molecule has 2 amide bonds. The normalized spacial score (nSPS) is 13.9. The van der Waals surface area contributed by atoms with Gasteiger partial charge in [0.15, 0.2) is 0 Å². The van der Waals surface area contributed by atoms with Gasteiger partial charge in [0.05, 0.1) is 30.8 Å². The molecule has 0 saturated heterocycles. The van der Waals surface area contributed by atoms with Crippen molar-refractivity contribution in [1.29, 1.82) is 0 Å². The number of amides is 2. The summed E-state index contributed by atoms with van der Waals surface area (Å²) < 4.78 is 89.0. The molecule has 232 valence electrons. The van der Waals surface area contributed by atoms with Gasteiger partial charge in [0.25, 0.3) is 0 Å². The SMILES string of the molecule is CN(Cc1cc(=O)c(OCCCCCSc2ccnc3cc(C(F)(F)F)ccc23)co1)C(=O)N1CC=C(C(F)(F)F)N1C. The lowest BCUT2D eigenvalue weighted by molar-refractivity contribution is -0.137. The van der Waals surface area contributed by atoms with Gasteiger partial charge in [-0.3, -0.25) is 14.8 Å². The molecule has 4 rings (SSSR count). The number of hydrogen-bond donors (Lipinski definition) is 0. The number of benzene rings is 1. The first-order valence-corrected chi connectivity index (χ1v) is 14.1. The maximum atomic E-state index is 13.0. The summed E-state index contributed by atoms with van der Waals surface area (Å²) in [5, 5.41) is 2.32. The Kier molecular flexibility index (Phi) is 9.82. The second kappa shape index (κ2) is 13.2. The number of allylic oxidation sites excluding steroid dienone is 1. The Morgan fingerprint density at radius 2 is 1.86 bits per heavy atom. The maximum absolute atomic E-state index is 13.0. The molecule has 2 aromatic heterocycles. The minimum absolute atomic E-state index is 0.00752. The van der Waals surface area contributed by atoms with E-state index in [1.807, 2.05) is 0 Å². The average Bonchev–Trinajstić information content (AvgIpc) is 3.34. The molecular weight excluding hydrogens is 602 g/mol. The number of urea groups is 1. The molecule has 0 bridgehead atoms. The number of pyridine rings is 1. The van der Waals surface area contributed by atoms with E-state index < -0.39 is 35.1 Å². The number of unbranched alkanes of at least 4 members (excludes halogenated alkanes) is 2. The summed E-state index contributed by atoms with van der Waals surface area (Å²) in [7, 11) is 2.52. The number of carbonyl (C=O) groups excluding carboxylic acids is 1. The Morgan fingerprint density at radius 1 is 1.09 bits per heavy atom. The van der Waals surface area contributed by atoms with E-state index in [0.29, 0.717) is 11.8 Å². The highest BCUT2D eigenvalue weighted by Crippen LogP contribution is 2.34. The Bertz CT molecular complexity index is 1540. The first kappa shape index (κ1) is 32.0. The van der Waals surface area contributed by atoms with Gasteiger partial charge in [0, 0.05) is 36.6 Å². The molecule has 3 heterocycles. The van der Waals surface area contributed by atoms with Crippen LogP contribution in [-0.4, -0.2) is 65.1 Å². The van der Waals surface area contributed by atoms with Gasteiger partial charge in [-0.25, -0.2) is 9.80 Å². The molecule has 0 unspecified atom stereocenters. The van der Waals surface area contributed by atoms with Crippen LogP contribution in [0.3, 0.4) is 0 Å². The number of halogens is 6. The number of rotatable bonds is 10. The van der Waals surface area contributed by atoms with E-state index in [2.05, 4.69) is 4.98 Å². The van der Waals surface area contributed by atoms with Crippen molar-refractivity contribution in [1.82, 2.24) is 19.9 Å². The van der Waals surface area contributed by atoms with Crippen LogP contribution in [0.1, 0.15) is 30.6 Å². The van der Waals surface area contributed by atoms with Crippen LogP contribution in [-0.2, 0) is 12.7 Å². The summed E-state index contributed by atoms with van der Waals surface area (Å²) in [5.74, 6) is 0.852. The fourth-order valence-electron chi connectivity index (χ4n) is 4.36. The molecule has 8 nitrogen and oxygen atoms in total. The van der Waals surface area contributed by atoms with E-state index >= 15 is 0 Å². The van der Waals surface area contributed by atoms with Crippen molar-refractivity contribution in [3.05, 3.63) is 76.1 Å². The van der Waals surface area contributed by atoms with E-state index in [1.165, 1.54) is 37.1 Å². The summed E-state index contributed by atoms with van der Waals surface area (Å²) in [6.45, 7) is -0.133.